The maximum Gasteiger partial charge on any atom is 0.0713 e. The Morgan fingerprint density at radius 3 is 1.67 bits per heavy atom. The molecule has 0 fully saturated rings. The molecule has 0 radical (unpaired) electrons. The zero-order valence-corrected chi connectivity index (χ0v) is 17.9. The van der Waals surface area contributed by atoms with Crippen molar-refractivity contribution in [2.45, 2.75) is 5.41 Å². The molecule has 5 aromatic carbocycles. The van der Waals surface area contributed by atoms with E-state index in [2.05, 4.69) is 131 Å². The van der Waals surface area contributed by atoms with Crippen LogP contribution in [0.25, 0.3) is 21.9 Å². The standard InChI is InChI=1S/C29H19Br/c30-24-17-15-22(16-18-24)29(23-14-13-20-7-1-2-8-21(20)19-23)27-11-5-3-9-25(27)26-10-4-6-12-28(26)29/h1-19H. The monoisotopic (exact) mass is 446 g/mol. The van der Waals surface area contributed by atoms with E-state index >= 15 is 0 Å². The van der Waals surface area contributed by atoms with Crippen LogP contribution in [0.15, 0.2) is 120 Å². The number of rotatable bonds is 2. The summed E-state index contributed by atoms with van der Waals surface area (Å²) in [6.07, 6.45) is 0. The number of hydrogen-bond acceptors (Lipinski definition) is 0. The first-order chi connectivity index (χ1) is 14.8. The van der Waals surface area contributed by atoms with Crippen LogP contribution in [0.3, 0.4) is 0 Å². The molecule has 0 spiro atoms. The van der Waals surface area contributed by atoms with E-state index in [9.17, 15) is 0 Å². The van der Waals surface area contributed by atoms with Crippen LogP contribution in [0.1, 0.15) is 22.3 Å². The molecule has 0 atom stereocenters. The van der Waals surface area contributed by atoms with Crippen molar-refractivity contribution in [2.24, 2.45) is 0 Å². The molecule has 0 saturated carbocycles. The third-order valence-corrected chi connectivity index (χ3v) is 6.94. The van der Waals surface area contributed by atoms with Gasteiger partial charge in [-0.1, -0.05) is 113 Å². The van der Waals surface area contributed by atoms with Crippen LogP contribution in [0, 0.1) is 0 Å². The van der Waals surface area contributed by atoms with E-state index in [0.29, 0.717) is 0 Å². The topological polar surface area (TPSA) is 0 Å². The molecule has 5 aromatic rings. The van der Waals surface area contributed by atoms with Crippen LogP contribution in [0.5, 0.6) is 0 Å². The van der Waals surface area contributed by atoms with Gasteiger partial charge in [-0.15, -0.1) is 0 Å². The van der Waals surface area contributed by atoms with Gasteiger partial charge in [0.1, 0.15) is 0 Å². The van der Waals surface area contributed by atoms with Gasteiger partial charge < -0.3 is 0 Å². The Morgan fingerprint density at radius 2 is 1.00 bits per heavy atom. The van der Waals surface area contributed by atoms with E-state index in [0.717, 1.165) is 4.47 Å². The molecule has 0 aliphatic heterocycles. The largest absolute Gasteiger partial charge is 0.0713 e. The van der Waals surface area contributed by atoms with Crippen molar-refractivity contribution in [1.29, 1.82) is 0 Å². The number of benzene rings is 5. The molecule has 0 aromatic heterocycles. The lowest BCUT2D eigenvalue weighted by atomic mass is 9.67. The average Bonchev–Trinajstić information content (AvgIpc) is 3.11. The van der Waals surface area contributed by atoms with Gasteiger partial charge in [0.2, 0.25) is 0 Å². The maximum atomic E-state index is 3.62. The highest BCUT2D eigenvalue weighted by molar-refractivity contribution is 9.10. The lowest BCUT2D eigenvalue weighted by Gasteiger charge is -2.34. The van der Waals surface area contributed by atoms with Crippen LogP contribution in [0.4, 0.5) is 0 Å². The van der Waals surface area contributed by atoms with E-state index in [-0.39, 0.29) is 5.41 Å². The Labute approximate surface area is 185 Å². The van der Waals surface area contributed by atoms with Crippen molar-refractivity contribution >= 4 is 26.7 Å². The summed E-state index contributed by atoms with van der Waals surface area (Å²) in [5.41, 5.74) is 7.61. The summed E-state index contributed by atoms with van der Waals surface area (Å²) in [4.78, 5) is 0. The zero-order chi connectivity index (χ0) is 20.1. The van der Waals surface area contributed by atoms with Crippen molar-refractivity contribution in [1.82, 2.24) is 0 Å². The molecule has 0 bridgehead atoms. The molecule has 0 amide bonds. The average molecular weight is 447 g/mol. The molecule has 0 heterocycles. The number of halogens is 1. The molecule has 0 saturated heterocycles. The highest BCUT2D eigenvalue weighted by Gasteiger charge is 2.45. The van der Waals surface area contributed by atoms with Crippen molar-refractivity contribution in [3.8, 4) is 11.1 Å². The highest BCUT2D eigenvalue weighted by atomic mass is 79.9. The fourth-order valence-electron chi connectivity index (χ4n) is 5.15. The van der Waals surface area contributed by atoms with Crippen molar-refractivity contribution in [3.63, 3.8) is 0 Å². The summed E-state index contributed by atoms with van der Waals surface area (Å²) >= 11 is 3.62. The fraction of sp³-hybridized carbons (Fsp3) is 0.0345. The number of fused-ring (bicyclic) bond motifs is 4. The summed E-state index contributed by atoms with van der Waals surface area (Å²) in [6.45, 7) is 0. The predicted octanol–water partition coefficient (Wildman–Crippen LogP) is 7.97. The molecule has 0 nitrogen and oxygen atoms in total. The molecule has 1 aliphatic carbocycles. The van der Waals surface area contributed by atoms with Gasteiger partial charge in [-0.05, 0) is 62.4 Å². The van der Waals surface area contributed by atoms with E-state index < -0.39 is 0 Å². The summed E-state index contributed by atoms with van der Waals surface area (Å²) in [5.74, 6) is 0. The van der Waals surface area contributed by atoms with Gasteiger partial charge in [0.05, 0.1) is 5.41 Å². The predicted molar refractivity (Wildman–Crippen MR) is 129 cm³/mol. The minimum atomic E-state index is -0.335. The fourth-order valence-corrected chi connectivity index (χ4v) is 5.41. The molecule has 30 heavy (non-hydrogen) atoms. The van der Waals surface area contributed by atoms with Crippen LogP contribution >= 0.6 is 15.9 Å². The minimum Gasteiger partial charge on any atom is -0.0619 e. The van der Waals surface area contributed by atoms with Crippen LogP contribution in [0.2, 0.25) is 0 Å². The first-order valence-corrected chi connectivity index (χ1v) is 11.0. The molecule has 142 valence electrons. The van der Waals surface area contributed by atoms with Gasteiger partial charge in [-0.3, -0.25) is 0 Å². The highest BCUT2D eigenvalue weighted by Crippen LogP contribution is 2.56. The second kappa shape index (κ2) is 6.68. The third-order valence-electron chi connectivity index (χ3n) is 6.41. The molecule has 0 N–H and O–H groups in total. The Morgan fingerprint density at radius 1 is 0.467 bits per heavy atom. The first-order valence-electron chi connectivity index (χ1n) is 10.2. The molecular weight excluding hydrogens is 428 g/mol. The van der Waals surface area contributed by atoms with Crippen molar-refractivity contribution in [2.75, 3.05) is 0 Å². The summed E-state index contributed by atoms with van der Waals surface area (Å²) in [6, 6.07) is 42.1. The molecule has 6 rings (SSSR count). The second-order valence-corrected chi connectivity index (χ2v) is 8.83. The van der Waals surface area contributed by atoms with E-state index in [1.807, 2.05) is 0 Å². The molecule has 1 aliphatic rings. The van der Waals surface area contributed by atoms with Crippen molar-refractivity contribution < 1.29 is 0 Å². The van der Waals surface area contributed by atoms with E-state index in [1.165, 1.54) is 44.2 Å². The van der Waals surface area contributed by atoms with Crippen molar-refractivity contribution in [3.05, 3.63) is 142 Å². The van der Waals surface area contributed by atoms with Crippen LogP contribution in [-0.4, -0.2) is 0 Å². The lowest BCUT2D eigenvalue weighted by molar-refractivity contribution is 0.769. The Balaban J connectivity index is 1.78. The SMILES string of the molecule is Brc1ccc(C2(c3ccc4ccccc4c3)c3ccccc3-c3ccccc32)cc1. The van der Waals surface area contributed by atoms with Gasteiger partial charge >= 0.3 is 0 Å². The maximum absolute atomic E-state index is 3.62. The third kappa shape index (κ3) is 2.39. The Kier molecular flexibility index (Phi) is 3.94. The normalized spacial score (nSPS) is 13.8. The van der Waals surface area contributed by atoms with Gasteiger partial charge in [-0.2, -0.15) is 0 Å². The molecule has 1 heteroatoms. The quantitative estimate of drug-likeness (QED) is 0.253. The van der Waals surface area contributed by atoms with E-state index in [1.54, 1.807) is 0 Å². The summed E-state index contributed by atoms with van der Waals surface area (Å²) in [5, 5.41) is 2.54. The molecular formula is C29H19Br. The summed E-state index contributed by atoms with van der Waals surface area (Å²) < 4.78 is 1.10. The Hall–Kier alpha value is -3.16. The zero-order valence-electron chi connectivity index (χ0n) is 16.3. The van der Waals surface area contributed by atoms with Gasteiger partial charge in [0.15, 0.2) is 0 Å². The van der Waals surface area contributed by atoms with Gasteiger partial charge in [0.25, 0.3) is 0 Å². The summed E-state index contributed by atoms with van der Waals surface area (Å²) in [7, 11) is 0. The Bertz CT molecular complexity index is 1350. The lowest BCUT2D eigenvalue weighted by Crippen LogP contribution is -2.28. The first kappa shape index (κ1) is 17.7. The van der Waals surface area contributed by atoms with E-state index in [4.69, 9.17) is 0 Å². The second-order valence-electron chi connectivity index (χ2n) is 7.91. The van der Waals surface area contributed by atoms with Gasteiger partial charge in [0, 0.05) is 4.47 Å². The molecule has 0 unspecified atom stereocenters. The minimum absolute atomic E-state index is 0.335. The van der Waals surface area contributed by atoms with Gasteiger partial charge in [-0.25, -0.2) is 0 Å². The van der Waals surface area contributed by atoms with Crippen LogP contribution < -0.4 is 0 Å². The van der Waals surface area contributed by atoms with Crippen LogP contribution in [-0.2, 0) is 5.41 Å². The smallest absolute Gasteiger partial charge is 0.0619 e. The number of hydrogen-bond donors (Lipinski definition) is 0.